The minimum absolute atomic E-state index is 0.121. The number of fused-ring (bicyclic) bond motifs is 1. The average molecular weight is 482 g/mol. The molecule has 1 aliphatic carbocycles. The number of hydrogen-bond acceptors (Lipinski definition) is 5. The number of ether oxygens (including phenoxy) is 2. The van der Waals surface area contributed by atoms with Gasteiger partial charge in [0, 0.05) is 23.8 Å². The summed E-state index contributed by atoms with van der Waals surface area (Å²) >= 11 is 0. The first-order valence-corrected chi connectivity index (χ1v) is 12.8. The van der Waals surface area contributed by atoms with Crippen LogP contribution in [0.3, 0.4) is 0 Å². The smallest absolute Gasteiger partial charge is 0.246 e. The van der Waals surface area contributed by atoms with Crippen molar-refractivity contribution < 1.29 is 23.9 Å². The number of hydrogen-bond donors (Lipinski definition) is 2. The second-order valence-electron chi connectivity index (χ2n) is 10.3. The highest BCUT2D eigenvalue weighted by Gasteiger charge is 2.73. The molecule has 2 saturated heterocycles. The Hall–Kier alpha value is -2.87. The molecule has 3 aliphatic heterocycles. The summed E-state index contributed by atoms with van der Waals surface area (Å²) in [5, 5.41) is 6.15. The molecule has 1 saturated carbocycles. The Bertz CT molecular complexity index is 1040. The third-order valence-corrected chi connectivity index (χ3v) is 8.22. The van der Waals surface area contributed by atoms with E-state index in [9.17, 15) is 14.4 Å². The first-order chi connectivity index (χ1) is 16.9. The van der Waals surface area contributed by atoms with Gasteiger partial charge in [0.1, 0.15) is 17.4 Å². The Morgan fingerprint density at radius 1 is 1.23 bits per heavy atom. The highest BCUT2D eigenvalue weighted by molar-refractivity contribution is 6.03. The standard InChI is InChI=1S/C27H35N3O5/c1-4-16(2)30-23(25(32)28-17-9-6-5-7-10-17)27-14-13-20(35-27)21(22(27)26(30)33)24(31)29-18-11-8-12-19(15-18)34-3/h8,11-17,20-23H,4-7,9-10H2,1-3H3,(H,28,32)(H,29,31)/t16-,20-,21-,22-,23+,27-/m0/s1. The predicted molar refractivity (Wildman–Crippen MR) is 131 cm³/mol. The molecule has 4 aliphatic rings. The molecule has 35 heavy (non-hydrogen) atoms. The van der Waals surface area contributed by atoms with Gasteiger partial charge in [0.05, 0.1) is 25.0 Å². The first-order valence-electron chi connectivity index (χ1n) is 12.8. The third-order valence-electron chi connectivity index (χ3n) is 8.22. The quantitative estimate of drug-likeness (QED) is 0.584. The number of amides is 3. The molecular formula is C27H35N3O5. The Morgan fingerprint density at radius 3 is 2.71 bits per heavy atom. The van der Waals surface area contributed by atoms with Gasteiger partial charge in [0.25, 0.3) is 0 Å². The number of rotatable bonds is 7. The largest absolute Gasteiger partial charge is 0.497 e. The summed E-state index contributed by atoms with van der Waals surface area (Å²) in [4.78, 5) is 42.8. The Labute approximate surface area is 206 Å². The number of anilines is 1. The molecule has 8 heteroatoms. The molecule has 3 fully saturated rings. The third kappa shape index (κ3) is 3.92. The normalized spacial score (nSPS) is 32.4. The van der Waals surface area contributed by atoms with Crippen molar-refractivity contribution in [2.75, 3.05) is 12.4 Å². The number of nitrogens with one attached hydrogen (secondary N) is 2. The molecule has 6 atom stereocenters. The average Bonchev–Trinajstić information content (AvgIpc) is 3.51. The maximum absolute atomic E-state index is 13.9. The fraction of sp³-hybridized carbons (Fsp3) is 0.593. The zero-order chi connectivity index (χ0) is 24.7. The van der Waals surface area contributed by atoms with Crippen LogP contribution in [0, 0.1) is 11.8 Å². The molecule has 1 aromatic rings. The van der Waals surface area contributed by atoms with E-state index in [0.717, 1.165) is 25.7 Å². The van der Waals surface area contributed by atoms with Crippen LogP contribution in [0.2, 0.25) is 0 Å². The lowest BCUT2D eigenvalue weighted by molar-refractivity contribution is -0.143. The van der Waals surface area contributed by atoms with Crippen molar-refractivity contribution >= 4 is 23.4 Å². The van der Waals surface area contributed by atoms with Gasteiger partial charge in [0.2, 0.25) is 17.7 Å². The number of nitrogens with zero attached hydrogens (tertiary/aromatic N) is 1. The molecule has 3 amide bonds. The van der Waals surface area contributed by atoms with Gasteiger partial charge in [-0.2, -0.15) is 0 Å². The van der Waals surface area contributed by atoms with Crippen molar-refractivity contribution in [3.8, 4) is 5.75 Å². The Balaban J connectivity index is 1.44. The van der Waals surface area contributed by atoms with Gasteiger partial charge in [-0.15, -0.1) is 0 Å². The van der Waals surface area contributed by atoms with Crippen LogP contribution < -0.4 is 15.4 Å². The van der Waals surface area contributed by atoms with Gasteiger partial charge < -0.3 is 25.0 Å². The number of benzene rings is 1. The summed E-state index contributed by atoms with van der Waals surface area (Å²) < 4.78 is 11.7. The molecule has 3 heterocycles. The van der Waals surface area contributed by atoms with Crippen molar-refractivity contribution in [2.45, 2.75) is 82.2 Å². The lowest BCUT2D eigenvalue weighted by Crippen LogP contribution is -2.58. The van der Waals surface area contributed by atoms with Crippen LogP contribution in [0.15, 0.2) is 36.4 Å². The maximum Gasteiger partial charge on any atom is 0.246 e. The van der Waals surface area contributed by atoms with Crippen LogP contribution in [-0.4, -0.2) is 59.6 Å². The second-order valence-corrected chi connectivity index (χ2v) is 10.3. The predicted octanol–water partition coefficient (Wildman–Crippen LogP) is 3.03. The molecule has 1 spiro atoms. The van der Waals surface area contributed by atoms with Crippen LogP contribution in [-0.2, 0) is 19.1 Å². The highest BCUT2D eigenvalue weighted by Crippen LogP contribution is 2.55. The SMILES string of the molecule is CC[C@H](C)N1C(=O)[C@@H]2[C@@H](C(=O)Nc3cccc(OC)c3)[C@@H]3C=C[C@@]2(O3)[C@H]1C(=O)NC1CCCCC1. The van der Waals surface area contributed by atoms with Gasteiger partial charge in [0.15, 0.2) is 0 Å². The van der Waals surface area contributed by atoms with E-state index in [4.69, 9.17) is 9.47 Å². The minimum Gasteiger partial charge on any atom is -0.497 e. The van der Waals surface area contributed by atoms with Gasteiger partial charge in [-0.25, -0.2) is 0 Å². The summed E-state index contributed by atoms with van der Waals surface area (Å²) in [5.74, 6) is -1.46. The van der Waals surface area contributed by atoms with Crippen LogP contribution in [0.5, 0.6) is 5.75 Å². The molecule has 0 radical (unpaired) electrons. The monoisotopic (exact) mass is 481 g/mol. The molecule has 1 aromatic carbocycles. The van der Waals surface area contributed by atoms with E-state index in [1.54, 1.807) is 36.3 Å². The fourth-order valence-corrected chi connectivity index (χ4v) is 6.33. The topological polar surface area (TPSA) is 97.0 Å². The van der Waals surface area contributed by atoms with Gasteiger partial charge >= 0.3 is 0 Å². The molecule has 8 nitrogen and oxygen atoms in total. The lowest BCUT2D eigenvalue weighted by Gasteiger charge is -2.36. The van der Waals surface area contributed by atoms with Crippen LogP contribution >= 0.6 is 0 Å². The molecule has 0 aromatic heterocycles. The Morgan fingerprint density at radius 2 is 2.00 bits per heavy atom. The molecule has 2 bridgehead atoms. The van der Waals surface area contributed by atoms with E-state index in [-0.39, 0.29) is 29.8 Å². The summed E-state index contributed by atoms with van der Waals surface area (Å²) in [7, 11) is 1.57. The molecule has 188 valence electrons. The second kappa shape index (κ2) is 9.30. The van der Waals surface area contributed by atoms with Crippen LogP contribution in [0.4, 0.5) is 5.69 Å². The first kappa shape index (κ1) is 23.9. The van der Waals surface area contributed by atoms with E-state index in [1.165, 1.54) is 6.42 Å². The summed E-state index contributed by atoms with van der Waals surface area (Å²) in [6.07, 6.45) is 9.17. The van der Waals surface area contributed by atoms with E-state index < -0.39 is 29.6 Å². The Kier molecular flexibility index (Phi) is 6.34. The van der Waals surface area contributed by atoms with Gasteiger partial charge in [-0.05, 0) is 38.3 Å². The van der Waals surface area contributed by atoms with Gasteiger partial charge in [-0.1, -0.05) is 44.4 Å². The summed E-state index contributed by atoms with van der Waals surface area (Å²) in [6.45, 7) is 3.96. The van der Waals surface area contributed by atoms with Crippen molar-refractivity contribution in [1.29, 1.82) is 0 Å². The van der Waals surface area contributed by atoms with E-state index >= 15 is 0 Å². The number of likely N-dealkylation sites (tertiary alicyclic amines) is 1. The zero-order valence-corrected chi connectivity index (χ0v) is 20.7. The van der Waals surface area contributed by atoms with Crippen molar-refractivity contribution in [1.82, 2.24) is 10.2 Å². The number of carbonyl (C=O) groups is 3. The number of methoxy groups -OCH3 is 1. The molecule has 2 N–H and O–H groups in total. The van der Waals surface area contributed by atoms with Gasteiger partial charge in [-0.3, -0.25) is 14.4 Å². The highest BCUT2D eigenvalue weighted by atomic mass is 16.5. The molecule has 5 rings (SSSR count). The molecule has 0 unspecified atom stereocenters. The lowest BCUT2D eigenvalue weighted by atomic mass is 9.74. The van der Waals surface area contributed by atoms with E-state index in [2.05, 4.69) is 10.6 Å². The fourth-order valence-electron chi connectivity index (χ4n) is 6.33. The minimum atomic E-state index is -1.12. The van der Waals surface area contributed by atoms with Crippen LogP contribution in [0.1, 0.15) is 52.4 Å². The number of carbonyl (C=O) groups excluding carboxylic acids is 3. The summed E-state index contributed by atoms with van der Waals surface area (Å²) in [5.41, 5.74) is -0.536. The zero-order valence-electron chi connectivity index (χ0n) is 20.7. The van der Waals surface area contributed by atoms with E-state index in [0.29, 0.717) is 17.9 Å². The molecular weight excluding hydrogens is 446 g/mol. The van der Waals surface area contributed by atoms with E-state index in [1.807, 2.05) is 26.0 Å². The van der Waals surface area contributed by atoms with Crippen molar-refractivity contribution in [3.05, 3.63) is 36.4 Å². The van der Waals surface area contributed by atoms with Crippen molar-refractivity contribution in [2.24, 2.45) is 11.8 Å². The van der Waals surface area contributed by atoms with Crippen LogP contribution in [0.25, 0.3) is 0 Å². The maximum atomic E-state index is 13.9. The van der Waals surface area contributed by atoms with Crippen molar-refractivity contribution in [3.63, 3.8) is 0 Å². The summed E-state index contributed by atoms with van der Waals surface area (Å²) in [6, 6.07) is 6.30.